The number of nitrogens with zero attached hydrogens (tertiary/aromatic N) is 3. The Bertz CT molecular complexity index is 1560. The maximum absolute atomic E-state index is 12.3. The monoisotopic (exact) mass is 535 g/mol. The van der Waals surface area contributed by atoms with E-state index >= 15 is 0 Å². The fourth-order valence-electron chi connectivity index (χ4n) is 4.24. The number of halogens is 1. The van der Waals surface area contributed by atoms with Gasteiger partial charge in [-0.15, -0.1) is 0 Å². The van der Waals surface area contributed by atoms with Crippen LogP contribution in [0.5, 0.6) is 0 Å². The number of ether oxygens (including phenoxy) is 1. The van der Waals surface area contributed by atoms with Crippen molar-refractivity contribution < 1.29 is 18.3 Å². The molecule has 0 radical (unpaired) electrons. The zero-order chi connectivity index (χ0) is 26.0. The molecule has 1 aromatic heterocycles. The second-order valence-corrected chi connectivity index (χ2v) is 11.6. The highest BCUT2D eigenvalue weighted by Gasteiger charge is 2.39. The van der Waals surface area contributed by atoms with Gasteiger partial charge in [0.25, 0.3) is 0 Å². The molecule has 3 aromatic carbocycles. The van der Waals surface area contributed by atoms with Gasteiger partial charge >= 0.3 is 0 Å². The van der Waals surface area contributed by atoms with E-state index < -0.39 is 15.6 Å². The van der Waals surface area contributed by atoms with Gasteiger partial charge in [0.1, 0.15) is 5.84 Å². The molecule has 4 aromatic rings. The van der Waals surface area contributed by atoms with E-state index in [1.54, 1.807) is 43.3 Å². The molecule has 0 amide bonds. The Hall–Kier alpha value is -3.30. The van der Waals surface area contributed by atoms with Crippen molar-refractivity contribution in [2.24, 2.45) is 4.99 Å². The summed E-state index contributed by atoms with van der Waals surface area (Å²) in [7, 11) is -3.32. The van der Waals surface area contributed by atoms with E-state index in [2.05, 4.69) is 9.98 Å². The van der Waals surface area contributed by atoms with Crippen molar-refractivity contribution in [2.75, 3.05) is 23.8 Å². The predicted molar refractivity (Wildman–Crippen MR) is 146 cm³/mol. The summed E-state index contributed by atoms with van der Waals surface area (Å²) in [6, 6.07) is 25.5. The van der Waals surface area contributed by atoms with Crippen molar-refractivity contribution in [2.45, 2.75) is 24.2 Å². The van der Waals surface area contributed by atoms with Gasteiger partial charge in [0, 0.05) is 21.7 Å². The molecule has 7 nitrogen and oxygen atoms in total. The number of aromatic nitrogens is 1. The summed E-state index contributed by atoms with van der Waals surface area (Å²) < 4.78 is 30.4. The van der Waals surface area contributed by atoms with Crippen LogP contribution in [-0.4, -0.2) is 49.0 Å². The first-order valence-electron chi connectivity index (χ1n) is 11.9. The summed E-state index contributed by atoms with van der Waals surface area (Å²) in [4.78, 5) is 11.4. The Balaban J connectivity index is 1.38. The van der Waals surface area contributed by atoms with Gasteiger partial charge in [0.15, 0.2) is 15.6 Å². The van der Waals surface area contributed by atoms with Gasteiger partial charge < -0.3 is 14.7 Å². The number of fused-ring (bicyclic) bond motifs is 1. The van der Waals surface area contributed by atoms with Gasteiger partial charge in [0.05, 0.1) is 41.6 Å². The lowest BCUT2D eigenvalue weighted by molar-refractivity contribution is -0.0351. The minimum atomic E-state index is -3.32. The van der Waals surface area contributed by atoms with Gasteiger partial charge in [-0.1, -0.05) is 42.8 Å². The van der Waals surface area contributed by atoms with Crippen molar-refractivity contribution in [1.29, 1.82) is 0 Å². The van der Waals surface area contributed by atoms with Crippen LogP contribution in [0.3, 0.4) is 0 Å². The Morgan fingerprint density at radius 1 is 1.00 bits per heavy atom. The highest BCUT2D eigenvalue weighted by Crippen LogP contribution is 2.30. The first kappa shape index (κ1) is 25.4. The van der Waals surface area contributed by atoms with Gasteiger partial charge in [-0.3, -0.25) is 4.98 Å². The van der Waals surface area contributed by atoms with Crippen molar-refractivity contribution in [3.8, 4) is 0 Å². The summed E-state index contributed by atoms with van der Waals surface area (Å²) in [5.41, 5.74) is 1.59. The van der Waals surface area contributed by atoms with E-state index in [9.17, 15) is 13.5 Å². The van der Waals surface area contributed by atoms with Crippen molar-refractivity contribution in [3.63, 3.8) is 0 Å². The van der Waals surface area contributed by atoms with Gasteiger partial charge in [-0.05, 0) is 60.7 Å². The SMILES string of the molecule is CCS(=O)(=O)c1ccc(N2CC(O)(COCc3ccc4ccccc4n3)N=C2c2ccc(Cl)cc2)cc1. The summed E-state index contributed by atoms with van der Waals surface area (Å²) in [5.74, 6) is 0.564. The van der Waals surface area contributed by atoms with Crippen LogP contribution in [0.2, 0.25) is 5.02 Å². The molecular formula is C28H26ClN3O4S. The van der Waals surface area contributed by atoms with Gasteiger partial charge in [0.2, 0.25) is 0 Å². The number of hydrogen-bond donors (Lipinski definition) is 1. The Kier molecular flexibility index (Phi) is 7.00. The fraction of sp³-hybridized carbons (Fsp3) is 0.214. The second-order valence-electron chi connectivity index (χ2n) is 8.90. The number of aliphatic imine (C=N–C) groups is 1. The van der Waals surface area contributed by atoms with Crippen LogP contribution in [0.15, 0.2) is 94.8 Å². The van der Waals surface area contributed by atoms with E-state index in [-0.39, 0.29) is 30.4 Å². The molecule has 1 unspecified atom stereocenters. The molecule has 0 saturated heterocycles. The van der Waals surface area contributed by atoms with Crippen LogP contribution >= 0.6 is 11.6 Å². The smallest absolute Gasteiger partial charge is 0.200 e. The zero-order valence-corrected chi connectivity index (χ0v) is 21.8. The molecule has 1 aliphatic heterocycles. The Labute approximate surface area is 220 Å². The number of rotatable bonds is 8. The first-order chi connectivity index (χ1) is 17.8. The van der Waals surface area contributed by atoms with Gasteiger partial charge in [-0.25, -0.2) is 13.4 Å². The number of amidine groups is 1. The van der Waals surface area contributed by atoms with Crippen LogP contribution in [0, 0.1) is 0 Å². The van der Waals surface area contributed by atoms with Crippen LogP contribution in [0.4, 0.5) is 5.69 Å². The number of benzene rings is 3. The lowest BCUT2D eigenvalue weighted by Gasteiger charge is -2.24. The predicted octanol–water partition coefficient (Wildman–Crippen LogP) is 4.85. The third-order valence-electron chi connectivity index (χ3n) is 6.21. The molecule has 9 heteroatoms. The standard InChI is InChI=1S/C28H26ClN3O4S/c1-2-37(34,35)25-15-13-24(14-16-25)32-18-28(33,31-27(32)21-7-10-22(29)11-8-21)19-36-17-23-12-9-20-5-3-4-6-26(20)30-23/h3-16,33H,2,17-19H2,1H3. The van der Waals surface area contributed by atoms with Crippen LogP contribution < -0.4 is 4.90 Å². The number of β-amino-alcohol motifs (C(OH)–C–C–N with tert-alkyl or cyclic N) is 1. The maximum Gasteiger partial charge on any atom is 0.200 e. The van der Waals surface area contributed by atoms with Gasteiger partial charge in [-0.2, -0.15) is 0 Å². The Morgan fingerprint density at radius 3 is 2.46 bits per heavy atom. The van der Waals surface area contributed by atoms with E-state index in [1.807, 2.05) is 53.4 Å². The van der Waals surface area contributed by atoms with E-state index in [0.717, 1.165) is 22.2 Å². The third kappa shape index (κ3) is 5.52. The summed E-state index contributed by atoms with van der Waals surface area (Å²) in [6.45, 7) is 1.93. The minimum absolute atomic E-state index is 0.0245. The van der Waals surface area contributed by atoms with E-state index in [0.29, 0.717) is 16.5 Å². The number of anilines is 1. The summed E-state index contributed by atoms with van der Waals surface area (Å²) in [6.07, 6.45) is 0. The number of sulfone groups is 1. The zero-order valence-electron chi connectivity index (χ0n) is 20.2. The molecule has 1 aliphatic rings. The topological polar surface area (TPSA) is 92.1 Å². The lowest BCUT2D eigenvalue weighted by Crippen LogP contribution is -2.39. The van der Waals surface area contributed by atoms with E-state index in [4.69, 9.17) is 16.3 Å². The molecule has 1 atom stereocenters. The largest absolute Gasteiger partial charge is 0.370 e. The first-order valence-corrected chi connectivity index (χ1v) is 13.9. The van der Waals surface area contributed by atoms with Crippen LogP contribution in [0.25, 0.3) is 10.9 Å². The van der Waals surface area contributed by atoms with Crippen molar-refractivity contribution in [1.82, 2.24) is 4.98 Å². The average molecular weight is 536 g/mol. The molecule has 1 N–H and O–H groups in total. The molecule has 0 aliphatic carbocycles. The molecule has 0 saturated carbocycles. The molecular weight excluding hydrogens is 510 g/mol. The van der Waals surface area contributed by atoms with Crippen LogP contribution in [0.1, 0.15) is 18.2 Å². The number of pyridine rings is 1. The summed E-state index contributed by atoms with van der Waals surface area (Å²) in [5, 5.41) is 13.0. The molecule has 0 bridgehead atoms. The summed E-state index contributed by atoms with van der Waals surface area (Å²) >= 11 is 6.08. The highest BCUT2D eigenvalue weighted by molar-refractivity contribution is 7.91. The minimum Gasteiger partial charge on any atom is -0.370 e. The molecule has 0 spiro atoms. The van der Waals surface area contributed by atoms with Crippen molar-refractivity contribution >= 4 is 43.9 Å². The molecule has 0 fully saturated rings. The van der Waals surface area contributed by atoms with Crippen LogP contribution in [-0.2, 0) is 21.2 Å². The lowest BCUT2D eigenvalue weighted by atomic mass is 10.1. The highest BCUT2D eigenvalue weighted by atomic mass is 35.5. The number of hydrogen-bond acceptors (Lipinski definition) is 7. The second kappa shape index (κ2) is 10.2. The van der Waals surface area contributed by atoms with Crippen molar-refractivity contribution in [3.05, 3.63) is 101 Å². The average Bonchev–Trinajstić information content (AvgIpc) is 3.26. The molecule has 37 heavy (non-hydrogen) atoms. The normalized spacial score (nSPS) is 17.8. The molecule has 190 valence electrons. The molecule has 5 rings (SSSR count). The maximum atomic E-state index is 12.3. The third-order valence-corrected chi connectivity index (χ3v) is 8.21. The molecule has 2 heterocycles. The number of para-hydroxylation sites is 1. The quantitative estimate of drug-likeness (QED) is 0.346. The Morgan fingerprint density at radius 2 is 1.73 bits per heavy atom. The number of aliphatic hydroxyl groups is 1. The fourth-order valence-corrected chi connectivity index (χ4v) is 5.25. The van der Waals surface area contributed by atoms with E-state index in [1.165, 1.54) is 0 Å².